The van der Waals surface area contributed by atoms with E-state index in [9.17, 15) is 0 Å². The highest BCUT2D eigenvalue weighted by atomic mass is 32.2. The van der Waals surface area contributed by atoms with Crippen LogP contribution in [0.5, 0.6) is 0 Å². The monoisotopic (exact) mass is 235 g/mol. The highest BCUT2D eigenvalue weighted by Gasteiger charge is 2.13. The average molecular weight is 235 g/mol. The highest BCUT2D eigenvalue weighted by molar-refractivity contribution is 7.98. The first-order chi connectivity index (χ1) is 7.88. The van der Waals surface area contributed by atoms with Crippen molar-refractivity contribution in [1.82, 2.24) is 5.32 Å². The number of hydrogen-bond acceptors (Lipinski definition) is 2. The maximum absolute atomic E-state index is 3.65. The smallest absolute Gasteiger partial charge is 0.00693 e. The zero-order valence-electron chi connectivity index (χ0n) is 10.0. The van der Waals surface area contributed by atoms with E-state index in [0.717, 1.165) is 19.0 Å². The summed E-state index contributed by atoms with van der Waals surface area (Å²) in [7, 11) is 0. The summed E-state index contributed by atoms with van der Waals surface area (Å²) < 4.78 is 0. The first-order valence-corrected chi connectivity index (χ1v) is 7.47. The highest BCUT2D eigenvalue weighted by Crippen LogP contribution is 2.18. The molecule has 1 aliphatic carbocycles. The molecule has 0 atom stereocenters. The molecule has 2 heteroatoms. The Hall–Kier alpha value is -0.470. The minimum absolute atomic E-state index is 0.797. The molecule has 0 heterocycles. The third-order valence-electron chi connectivity index (χ3n) is 3.36. The summed E-state index contributed by atoms with van der Waals surface area (Å²) >= 11 is 1.81. The first kappa shape index (κ1) is 12.0. The Morgan fingerprint density at radius 2 is 1.88 bits per heavy atom. The van der Waals surface area contributed by atoms with Gasteiger partial charge in [-0.3, -0.25) is 0 Å². The first-order valence-electron chi connectivity index (χ1n) is 6.25. The van der Waals surface area contributed by atoms with Gasteiger partial charge in [0, 0.05) is 10.9 Å². The van der Waals surface area contributed by atoms with Crippen LogP contribution in [0.2, 0.25) is 0 Å². The lowest BCUT2D eigenvalue weighted by atomic mass is 10.1. The number of hydrogen-bond donors (Lipinski definition) is 1. The molecule has 0 aliphatic heterocycles. The van der Waals surface area contributed by atoms with Gasteiger partial charge < -0.3 is 5.32 Å². The number of rotatable bonds is 5. The fraction of sp³-hybridized carbons (Fsp3) is 0.571. The van der Waals surface area contributed by atoms with Crippen LogP contribution < -0.4 is 5.32 Å². The molecule has 1 fully saturated rings. The molecule has 16 heavy (non-hydrogen) atoms. The quantitative estimate of drug-likeness (QED) is 0.784. The van der Waals surface area contributed by atoms with Gasteiger partial charge in [-0.25, -0.2) is 0 Å². The molecule has 1 aromatic rings. The van der Waals surface area contributed by atoms with Gasteiger partial charge in [-0.1, -0.05) is 25.0 Å². The Morgan fingerprint density at radius 1 is 1.19 bits per heavy atom. The number of nitrogens with one attached hydrogen (secondary N) is 1. The van der Waals surface area contributed by atoms with Gasteiger partial charge in [0.1, 0.15) is 0 Å². The van der Waals surface area contributed by atoms with Crippen LogP contribution in [-0.2, 0) is 6.42 Å². The molecule has 0 unspecified atom stereocenters. The molecule has 88 valence electrons. The van der Waals surface area contributed by atoms with E-state index < -0.39 is 0 Å². The Kier molecular flexibility index (Phi) is 4.73. The van der Waals surface area contributed by atoms with Gasteiger partial charge in [-0.2, -0.15) is 0 Å². The van der Waals surface area contributed by atoms with Gasteiger partial charge in [0.2, 0.25) is 0 Å². The molecule has 0 radical (unpaired) electrons. The van der Waals surface area contributed by atoms with Gasteiger partial charge in [0.15, 0.2) is 0 Å². The molecule has 0 spiro atoms. The Bertz CT molecular complexity index is 301. The molecule has 1 aliphatic rings. The molecule has 0 saturated heterocycles. The largest absolute Gasteiger partial charge is 0.314 e. The normalized spacial score (nSPS) is 16.8. The van der Waals surface area contributed by atoms with E-state index in [1.807, 2.05) is 0 Å². The zero-order valence-corrected chi connectivity index (χ0v) is 10.9. The lowest BCUT2D eigenvalue weighted by Crippen LogP contribution is -2.27. The molecule has 1 nitrogen and oxygen atoms in total. The zero-order chi connectivity index (χ0) is 11.2. The minimum Gasteiger partial charge on any atom is -0.314 e. The lowest BCUT2D eigenvalue weighted by molar-refractivity contribution is 0.528. The average Bonchev–Trinajstić information content (AvgIpc) is 2.83. The maximum Gasteiger partial charge on any atom is 0.00693 e. The van der Waals surface area contributed by atoms with Crippen LogP contribution in [0.1, 0.15) is 31.2 Å². The summed E-state index contributed by atoms with van der Waals surface area (Å²) in [4.78, 5) is 1.35. The molecule has 2 rings (SSSR count). The second kappa shape index (κ2) is 6.31. The van der Waals surface area contributed by atoms with Gasteiger partial charge in [-0.05, 0) is 49.8 Å². The molecule has 0 amide bonds. The van der Waals surface area contributed by atoms with Crippen LogP contribution in [-0.4, -0.2) is 18.8 Å². The number of benzene rings is 1. The third kappa shape index (κ3) is 3.53. The van der Waals surface area contributed by atoms with E-state index in [2.05, 4.69) is 35.8 Å². The minimum atomic E-state index is 0.797. The second-order valence-electron chi connectivity index (χ2n) is 4.53. The van der Waals surface area contributed by atoms with Gasteiger partial charge in [-0.15, -0.1) is 11.8 Å². The third-order valence-corrected chi connectivity index (χ3v) is 4.10. The molecule has 1 N–H and O–H groups in total. The van der Waals surface area contributed by atoms with Crippen molar-refractivity contribution in [2.24, 2.45) is 0 Å². The Balaban J connectivity index is 1.71. The summed E-state index contributed by atoms with van der Waals surface area (Å²) in [6.45, 7) is 1.13. The Labute approximate surface area is 103 Å². The van der Waals surface area contributed by atoms with E-state index in [1.54, 1.807) is 11.8 Å². The fourth-order valence-corrected chi connectivity index (χ4v) is 2.75. The standard InChI is InChI=1S/C14H21NS/c1-16-14-8-6-12(7-9-14)10-11-15-13-4-2-3-5-13/h6-9,13,15H,2-5,10-11H2,1H3. The van der Waals surface area contributed by atoms with Crippen LogP contribution in [0, 0.1) is 0 Å². The van der Waals surface area contributed by atoms with Crippen LogP contribution in [0.25, 0.3) is 0 Å². The summed E-state index contributed by atoms with van der Waals surface area (Å²) in [6, 6.07) is 9.74. The van der Waals surface area contributed by atoms with Crippen LogP contribution in [0.4, 0.5) is 0 Å². The molecule has 1 saturated carbocycles. The van der Waals surface area contributed by atoms with E-state index in [1.165, 1.54) is 36.1 Å². The predicted octanol–water partition coefficient (Wildman–Crippen LogP) is 3.48. The summed E-state index contributed by atoms with van der Waals surface area (Å²) in [5, 5.41) is 3.65. The van der Waals surface area contributed by atoms with Gasteiger partial charge in [0.05, 0.1) is 0 Å². The number of thioether (sulfide) groups is 1. The maximum atomic E-state index is 3.65. The van der Waals surface area contributed by atoms with Crippen LogP contribution in [0.15, 0.2) is 29.2 Å². The van der Waals surface area contributed by atoms with Crippen molar-refractivity contribution >= 4 is 11.8 Å². The van der Waals surface area contributed by atoms with Crippen molar-refractivity contribution in [1.29, 1.82) is 0 Å². The van der Waals surface area contributed by atoms with Crippen molar-refractivity contribution in [2.45, 2.75) is 43.0 Å². The Morgan fingerprint density at radius 3 is 2.50 bits per heavy atom. The van der Waals surface area contributed by atoms with Crippen molar-refractivity contribution in [3.05, 3.63) is 29.8 Å². The predicted molar refractivity (Wildman–Crippen MR) is 72.2 cm³/mol. The molecule has 0 aromatic heterocycles. The van der Waals surface area contributed by atoms with E-state index in [0.29, 0.717) is 0 Å². The molecule has 1 aromatic carbocycles. The molecular formula is C14H21NS. The summed E-state index contributed by atoms with van der Waals surface area (Å²) in [5.41, 5.74) is 1.45. The van der Waals surface area contributed by atoms with E-state index in [-0.39, 0.29) is 0 Å². The van der Waals surface area contributed by atoms with Gasteiger partial charge >= 0.3 is 0 Å². The topological polar surface area (TPSA) is 12.0 Å². The fourth-order valence-electron chi connectivity index (χ4n) is 2.34. The van der Waals surface area contributed by atoms with Crippen molar-refractivity contribution in [3.8, 4) is 0 Å². The van der Waals surface area contributed by atoms with Gasteiger partial charge in [0.25, 0.3) is 0 Å². The summed E-state index contributed by atoms with van der Waals surface area (Å²) in [6.07, 6.45) is 8.87. The second-order valence-corrected chi connectivity index (χ2v) is 5.41. The van der Waals surface area contributed by atoms with Crippen molar-refractivity contribution < 1.29 is 0 Å². The molecule has 0 bridgehead atoms. The van der Waals surface area contributed by atoms with Crippen LogP contribution >= 0.6 is 11.8 Å². The van der Waals surface area contributed by atoms with E-state index >= 15 is 0 Å². The SMILES string of the molecule is CSc1ccc(CCNC2CCCC2)cc1. The van der Waals surface area contributed by atoms with Crippen molar-refractivity contribution in [3.63, 3.8) is 0 Å². The van der Waals surface area contributed by atoms with Crippen molar-refractivity contribution in [2.75, 3.05) is 12.8 Å². The summed E-state index contributed by atoms with van der Waals surface area (Å²) in [5.74, 6) is 0. The van der Waals surface area contributed by atoms with E-state index in [4.69, 9.17) is 0 Å². The van der Waals surface area contributed by atoms with Crippen LogP contribution in [0.3, 0.4) is 0 Å². The molecular weight excluding hydrogens is 214 g/mol. The lowest BCUT2D eigenvalue weighted by Gasteiger charge is -2.11.